The molecule has 0 aromatic heterocycles. The van der Waals surface area contributed by atoms with Gasteiger partial charge in [0.1, 0.15) is 0 Å². The molecule has 0 heterocycles. The van der Waals surface area contributed by atoms with E-state index in [4.69, 9.17) is 9.84 Å². The highest BCUT2D eigenvalue weighted by Crippen LogP contribution is 2.70. The van der Waals surface area contributed by atoms with E-state index in [-0.39, 0.29) is 6.61 Å². The Hall–Kier alpha value is -0.0800. The van der Waals surface area contributed by atoms with E-state index in [9.17, 15) is 0 Å². The van der Waals surface area contributed by atoms with Crippen LogP contribution in [0.1, 0.15) is 19.3 Å². The minimum absolute atomic E-state index is 0.166. The van der Waals surface area contributed by atoms with E-state index >= 15 is 0 Å². The summed E-state index contributed by atoms with van der Waals surface area (Å²) in [6.45, 7) is 1.58. The topological polar surface area (TPSA) is 29.5 Å². The van der Waals surface area contributed by atoms with Gasteiger partial charge in [0.2, 0.25) is 0 Å². The van der Waals surface area contributed by atoms with Crippen LogP contribution in [0.5, 0.6) is 0 Å². The zero-order valence-corrected chi connectivity index (χ0v) is 6.18. The maximum Gasteiger partial charge on any atom is 0.0697 e. The fraction of sp³-hybridized carbons (Fsp3) is 1.00. The predicted octanol–water partition coefficient (Wildman–Crippen LogP) is 0.795. The van der Waals surface area contributed by atoms with Gasteiger partial charge < -0.3 is 9.84 Å². The summed E-state index contributed by atoms with van der Waals surface area (Å²) in [5, 5.41) is 8.42. The summed E-state index contributed by atoms with van der Waals surface area (Å²) in [7, 11) is 0. The summed E-state index contributed by atoms with van der Waals surface area (Å²) >= 11 is 0. The molecular formula is C8H14O2. The van der Waals surface area contributed by atoms with Gasteiger partial charge in [-0.2, -0.15) is 0 Å². The fourth-order valence-electron chi connectivity index (χ4n) is 1.73. The number of aliphatic hydroxyl groups excluding tert-OH is 1. The molecule has 0 aromatic rings. The lowest BCUT2D eigenvalue weighted by Crippen LogP contribution is -2.02. The van der Waals surface area contributed by atoms with Crippen molar-refractivity contribution in [3.8, 4) is 0 Å². The van der Waals surface area contributed by atoms with E-state index in [1.807, 2.05) is 0 Å². The Morgan fingerprint density at radius 3 is 2.80 bits per heavy atom. The molecule has 0 amide bonds. The Morgan fingerprint density at radius 1 is 1.50 bits per heavy atom. The van der Waals surface area contributed by atoms with Gasteiger partial charge >= 0.3 is 0 Å². The highest BCUT2D eigenvalue weighted by Gasteiger charge is 2.62. The van der Waals surface area contributed by atoms with Crippen molar-refractivity contribution in [1.29, 1.82) is 0 Å². The summed E-state index contributed by atoms with van der Waals surface area (Å²) in [4.78, 5) is 0. The zero-order valence-electron chi connectivity index (χ0n) is 6.18. The van der Waals surface area contributed by atoms with E-state index in [0.717, 1.165) is 17.9 Å². The molecule has 0 bridgehead atoms. The Morgan fingerprint density at radius 2 is 2.30 bits per heavy atom. The lowest BCUT2D eigenvalue weighted by atomic mass is 10.3. The van der Waals surface area contributed by atoms with Gasteiger partial charge in [0, 0.05) is 0 Å². The highest BCUT2D eigenvalue weighted by molar-refractivity contribution is 5.12. The van der Waals surface area contributed by atoms with Crippen molar-refractivity contribution < 1.29 is 9.84 Å². The first-order valence-corrected chi connectivity index (χ1v) is 4.06. The van der Waals surface area contributed by atoms with Crippen LogP contribution in [0.15, 0.2) is 0 Å². The van der Waals surface area contributed by atoms with Crippen LogP contribution in [0.4, 0.5) is 0 Å². The molecule has 2 rings (SSSR count). The first kappa shape index (κ1) is 6.62. The number of hydrogen-bond donors (Lipinski definition) is 1. The minimum atomic E-state index is 0.166. The van der Waals surface area contributed by atoms with E-state index in [1.165, 1.54) is 19.3 Å². The lowest BCUT2D eigenvalue weighted by molar-refractivity contribution is 0.0823. The third kappa shape index (κ3) is 1.06. The van der Waals surface area contributed by atoms with Gasteiger partial charge in [-0.05, 0) is 30.6 Å². The largest absolute Gasteiger partial charge is 0.394 e. The van der Waals surface area contributed by atoms with Crippen molar-refractivity contribution in [1.82, 2.24) is 0 Å². The maximum atomic E-state index is 8.42. The average molecular weight is 142 g/mol. The summed E-state index contributed by atoms with van der Waals surface area (Å²) in [6.07, 6.45) is 4.25. The normalized spacial score (nSPS) is 32.7. The Labute approximate surface area is 61.2 Å². The van der Waals surface area contributed by atoms with Crippen molar-refractivity contribution in [3.05, 3.63) is 0 Å². The van der Waals surface area contributed by atoms with Gasteiger partial charge in [0.25, 0.3) is 0 Å². The van der Waals surface area contributed by atoms with E-state index in [2.05, 4.69) is 0 Å². The second kappa shape index (κ2) is 2.21. The molecule has 10 heavy (non-hydrogen) atoms. The molecule has 58 valence electrons. The zero-order chi connectivity index (χ0) is 7.03. The van der Waals surface area contributed by atoms with Crippen molar-refractivity contribution in [2.45, 2.75) is 19.3 Å². The number of hydrogen-bond acceptors (Lipinski definition) is 2. The van der Waals surface area contributed by atoms with Crippen LogP contribution in [0, 0.1) is 11.3 Å². The average Bonchev–Trinajstić information content (AvgIpc) is 2.79. The monoisotopic (exact) mass is 142 g/mol. The maximum absolute atomic E-state index is 8.42. The molecule has 2 fully saturated rings. The molecule has 2 nitrogen and oxygen atoms in total. The molecule has 0 radical (unpaired) electrons. The van der Waals surface area contributed by atoms with Crippen LogP contribution in [0.3, 0.4) is 0 Å². The first-order chi connectivity index (χ1) is 4.87. The van der Waals surface area contributed by atoms with Crippen LogP contribution in [-0.4, -0.2) is 24.9 Å². The summed E-state index contributed by atoms with van der Waals surface area (Å²) < 4.78 is 5.23. The van der Waals surface area contributed by atoms with Crippen molar-refractivity contribution in [2.75, 3.05) is 19.8 Å². The van der Waals surface area contributed by atoms with Crippen LogP contribution in [-0.2, 0) is 4.74 Å². The summed E-state index contributed by atoms with van der Waals surface area (Å²) in [6, 6.07) is 0. The van der Waals surface area contributed by atoms with E-state index in [1.54, 1.807) is 0 Å². The summed E-state index contributed by atoms with van der Waals surface area (Å²) in [5.41, 5.74) is 0.759. The Balaban J connectivity index is 1.57. The van der Waals surface area contributed by atoms with Gasteiger partial charge in [-0.15, -0.1) is 0 Å². The van der Waals surface area contributed by atoms with Gasteiger partial charge in [0.15, 0.2) is 0 Å². The van der Waals surface area contributed by atoms with Crippen LogP contribution < -0.4 is 0 Å². The smallest absolute Gasteiger partial charge is 0.0697 e. The molecule has 0 aromatic carbocycles. The van der Waals surface area contributed by atoms with Gasteiger partial charge in [-0.25, -0.2) is 0 Å². The minimum Gasteiger partial charge on any atom is -0.394 e. The molecule has 1 spiro atoms. The SMILES string of the molecule is OCCOCC1CC12CC2. The first-order valence-electron chi connectivity index (χ1n) is 4.06. The van der Waals surface area contributed by atoms with Crippen molar-refractivity contribution >= 4 is 0 Å². The molecule has 1 N–H and O–H groups in total. The highest BCUT2D eigenvalue weighted by atomic mass is 16.5. The van der Waals surface area contributed by atoms with Crippen molar-refractivity contribution in [3.63, 3.8) is 0 Å². The molecule has 0 aliphatic heterocycles. The number of rotatable bonds is 4. The Kier molecular flexibility index (Phi) is 1.46. The molecule has 2 saturated carbocycles. The van der Waals surface area contributed by atoms with E-state index < -0.39 is 0 Å². The second-order valence-corrected chi connectivity index (χ2v) is 3.56. The van der Waals surface area contributed by atoms with Crippen molar-refractivity contribution in [2.24, 2.45) is 11.3 Å². The quantitative estimate of drug-likeness (QED) is 0.588. The Bertz CT molecular complexity index is 129. The fourth-order valence-corrected chi connectivity index (χ4v) is 1.73. The third-order valence-corrected chi connectivity index (χ3v) is 2.81. The van der Waals surface area contributed by atoms with Crippen LogP contribution in [0.2, 0.25) is 0 Å². The van der Waals surface area contributed by atoms with Gasteiger partial charge in [-0.3, -0.25) is 0 Å². The molecule has 2 aliphatic rings. The molecule has 1 unspecified atom stereocenters. The number of ether oxygens (including phenoxy) is 1. The van der Waals surface area contributed by atoms with Crippen LogP contribution in [0.25, 0.3) is 0 Å². The molecule has 2 heteroatoms. The molecule has 0 saturated heterocycles. The van der Waals surface area contributed by atoms with Gasteiger partial charge in [-0.1, -0.05) is 0 Å². The second-order valence-electron chi connectivity index (χ2n) is 3.56. The molecular weight excluding hydrogens is 128 g/mol. The molecule has 2 aliphatic carbocycles. The third-order valence-electron chi connectivity index (χ3n) is 2.81. The standard InChI is InChI=1S/C8H14O2/c9-3-4-10-6-7-5-8(7)1-2-8/h7,9H,1-6H2. The summed E-state index contributed by atoms with van der Waals surface area (Å²) in [5.74, 6) is 0.846. The molecule has 1 atom stereocenters. The number of aliphatic hydroxyl groups is 1. The lowest BCUT2D eigenvalue weighted by Gasteiger charge is -1.98. The van der Waals surface area contributed by atoms with E-state index in [0.29, 0.717) is 6.61 Å². The van der Waals surface area contributed by atoms with Crippen LogP contribution >= 0.6 is 0 Å². The predicted molar refractivity (Wildman–Crippen MR) is 37.7 cm³/mol. The van der Waals surface area contributed by atoms with Gasteiger partial charge in [0.05, 0.1) is 19.8 Å².